The zero-order valence-electron chi connectivity index (χ0n) is 10.8. The van der Waals surface area contributed by atoms with E-state index in [4.69, 9.17) is 9.47 Å². The first-order valence-electron chi connectivity index (χ1n) is 5.84. The molecule has 0 unspecified atom stereocenters. The quantitative estimate of drug-likeness (QED) is 0.539. The summed E-state index contributed by atoms with van der Waals surface area (Å²) in [6.45, 7) is 5.21. The molecule has 0 aromatic heterocycles. The van der Waals surface area contributed by atoms with Crippen molar-refractivity contribution in [3.63, 3.8) is 0 Å². The Morgan fingerprint density at radius 3 is 2.35 bits per heavy atom. The molecule has 0 bridgehead atoms. The lowest BCUT2D eigenvalue weighted by atomic mass is 10.0. The first-order chi connectivity index (χ1) is 8.19. The van der Waals surface area contributed by atoms with E-state index in [1.807, 2.05) is 13.8 Å². The van der Waals surface area contributed by atoms with Crippen LogP contribution in [0.5, 0.6) is 5.75 Å². The summed E-state index contributed by atoms with van der Waals surface area (Å²) in [6, 6.07) is 4.16. The fraction of sp³-hybridized carbons (Fsp3) is 0.500. The molecule has 3 heteroatoms. The summed E-state index contributed by atoms with van der Waals surface area (Å²) >= 11 is 0. The van der Waals surface area contributed by atoms with Gasteiger partial charge in [0, 0.05) is 13.5 Å². The predicted octanol–water partition coefficient (Wildman–Crippen LogP) is 2.46. The summed E-state index contributed by atoms with van der Waals surface area (Å²) in [5, 5.41) is 0. The van der Waals surface area contributed by atoms with Crippen molar-refractivity contribution >= 4 is 6.29 Å². The molecule has 0 saturated heterocycles. The van der Waals surface area contributed by atoms with E-state index < -0.39 is 0 Å². The van der Waals surface area contributed by atoms with E-state index in [-0.39, 0.29) is 0 Å². The number of ether oxygens (including phenoxy) is 2. The van der Waals surface area contributed by atoms with Crippen LogP contribution in [0.25, 0.3) is 0 Å². The summed E-state index contributed by atoms with van der Waals surface area (Å²) < 4.78 is 10.6. The van der Waals surface area contributed by atoms with Gasteiger partial charge >= 0.3 is 0 Å². The highest BCUT2D eigenvalue weighted by molar-refractivity contribution is 5.51. The third kappa shape index (κ3) is 4.19. The number of carbonyl (C=O) groups excluding carboxylic acids is 1. The lowest BCUT2D eigenvalue weighted by Crippen LogP contribution is -2.06. The van der Waals surface area contributed by atoms with E-state index in [1.165, 1.54) is 5.56 Å². The topological polar surface area (TPSA) is 35.5 Å². The van der Waals surface area contributed by atoms with Crippen molar-refractivity contribution in [2.75, 3.05) is 20.3 Å². The van der Waals surface area contributed by atoms with Crippen LogP contribution in [-0.2, 0) is 16.0 Å². The minimum atomic E-state index is 0.561. The molecular formula is C14H20O3. The van der Waals surface area contributed by atoms with Crippen molar-refractivity contribution in [3.05, 3.63) is 28.8 Å². The van der Waals surface area contributed by atoms with Crippen molar-refractivity contribution in [3.8, 4) is 5.75 Å². The van der Waals surface area contributed by atoms with Gasteiger partial charge in [-0.05, 0) is 37.0 Å². The Morgan fingerprint density at radius 1 is 1.18 bits per heavy atom. The number of aldehydes is 1. The minimum absolute atomic E-state index is 0.561. The number of aryl methyl sites for hydroxylation is 3. The fourth-order valence-corrected chi connectivity index (χ4v) is 1.86. The second-order valence-electron chi connectivity index (χ2n) is 4.11. The van der Waals surface area contributed by atoms with Crippen LogP contribution in [0.15, 0.2) is 12.1 Å². The SMILES string of the molecule is COCCOc1c(C)cc(CCC=O)cc1C. The molecular weight excluding hydrogens is 216 g/mol. The highest BCUT2D eigenvalue weighted by Gasteiger charge is 2.06. The Morgan fingerprint density at radius 2 is 1.82 bits per heavy atom. The van der Waals surface area contributed by atoms with Gasteiger partial charge in [0.25, 0.3) is 0 Å². The average Bonchev–Trinajstić information content (AvgIpc) is 2.30. The minimum Gasteiger partial charge on any atom is -0.491 e. The molecule has 0 fully saturated rings. The number of carbonyl (C=O) groups is 1. The van der Waals surface area contributed by atoms with Crippen LogP contribution in [0.1, 0.15) is 23.1 Å². The van der Waals surface area contributed by atoms with Gasteiger partial charge in [-0.3, -0.25) is 0 Å². The maximum Gasteiger partial charge on any atom is 0.125 e. The summed E-state index contributed by atoms with van der Waals surface area (Å²) in [6.07, 6.45) is 2.32. The highest BCUT2D eigenvalue weighted by atomic mass is 16.5. The molecule has 0 aliphatic carbocycles. The molecule has 0 aliphatic rings. The Bertz CT molecular complexity index is 349. The van der Waals surface area contributed by atoms with Crippen LogP contribution >= 0.6 is 0 Å². The smallest absolute Gasteiger partial charge is 0.125 e. The molecule has 1 rings (SSSR count). The molecule has 0 heterocycles. The van der Waals surface area contributed by atoms with Crippen LogP contribution in [-0.4, -0.2) is 26.6 Å². The summed E-state index contributed by atoms with van der Waals surface area (Å²) in [7, 11) is 1.66. The number of hydrogen-bond acceptors (Lipinski definition) is 3. The van der Waals surface area contributed by atoms with Gasteiger partial charge in [-0.2, -0.15) is 0 Å². The molecule has 17 heavy (non-hydrogen) atoms. The van der Waals surface area contributed by atoms with Gasteiger partial charge in [0.2, 0.25) is 0 Å². The van der Waals surface area contributed by atoms with E-state index >= 15 is 0 Å². The summed E-state index contributed by atoms with van der Waals surface area (Å²) in [5.74, 6) is 0.928. The third-order valence-corrected chi connectivity index (χ3v) is 2.60. The summed E-state index contributed by atoms with van der Waals surface area (Å²) in [4.78, 5) is 10.4. The number of hydrogen-bond donors (Lipinski definition) is 0. The van der Waals surface area contributed by atoms with Crippen LogP contribution in [0.3, 0.4) is 0 Å². The molecule has 0 atom stereocenters. The van der Waals surface area contributed by atoms with E-state index in [9.17, 15) is 4.79 Å². The molecule has 94 valence electrons. The van der Waals surface area contributed by atoms with Gasteiger partial charge in [-0.1, -0.05) is 12.1 Å². The number of rotatable bonds is 7. The molecule has 0 N–H and O–H groups in total. The van der Waals surface area contributed by atoms with Crippen LogP contribution in [0.2, 0.25) is 0 Å². The van der Waals surface area contributed by atoms with Gasteiger partial charge in [0.1, 0.15) is 18.6 Å². The second kappa shape index (κ2) is 7.07. The zero-order valence-corrected chi connectivity index (χ0v) is 10.8. The van der Waals surface area contributed by atoms with Gasteiger partial charge < -0.3 is 14.3 Å². The average molecular weight is 236 g/mol. The first kappa shape index (κ1) is 13.7. The molecule has 3 nitrogen and oxygen atoms in total. The standard InChI is InChI=1S/C14H20O3/c1-11-9-13(5-4-6-15)10-12(2)14(11)17-8-7-16-3/h6,9-10H,4-5,7-8H2,1-3H3. The van der Waals surface area contributed by atoms with Crippen LogP contribution in [0, 0.1) is 13.8 Å². The third-order valence-electron chi connectivity index (χ3n) is 2.60. The van der Waals surface area contributed by atoms with Crippen LogP contribution < -0.4 is 4.74 Å². The predicted molar refractivity (Wildman–Crippen MR) is 67.7 cm³/mol. The van der Waals surface area contributed by atoms with Gasteiger partial charge in [-0.25, -0.2) is 0 Å². The lowest BCUT2D eigenvalue weighted by molar-refractivity contribution is -0.107. The zero-order chi connectivity index (χ0) is 12.7. The Kier molecular flexibility index (Phi) is 5.70. The van der Waals surface area contributed by atoms with E-state index in [1.54, 1.807) is 7.11 Å². The Balaban J connectivity index is 2.75. The fourth-order valence-electron chi connectivity index (χ4n) is 1.86. The van der Waals surface area contributed by atoms with Crippen molar-refractivity contribution < 1.29 is 14.3 Å². The molecule has 0 radical (unpaired) electrons. The molecule has 0 spiro atoms. The second-order valence-corrected chi connectivity index (χ2v) is 4.11. The van der Waals surface area contributed by atoms with Gasteiger partial charge in [0.05, 0.1) is 6.61 Å². The normalized spacial score (nSPS) is 10.3. The molecule has 0 saturated carbocycles. The summed E-state index contributed by atoms with van der Waals surface area (Å²) in [5.41, 5.74) is 3.41. The van der Waals surface area contributed by atoms with E-state index in [2.05, 4.69) is 12.1 Å². The van der Waals surface area contributed by atoms with Gasteiger partial charge in [-0.15, -0.1) is 0 Å². The molecule has 1 aromatic carbocycles. The van der Waals surface area contributed by atoms with Gasteiger partial charge in [0.15, 0.2) is 0 Å². The van der Waals surface area contributed by atoms with Crippen molar-refractivity contribution in [2.24, 2.45) is 0 Å². The molecule has 0 amide bonds. The first-order valence-corrected chi connectivity index (χ1v) is 5.84. The largest absolute Gasteiger partial charge is 0.491 e. The lowest BCUT2D eigenvalue weighted by Gasteiger charge is -2.13. The van der Waals surface area contributed by atoms with Crippen molar-refractivity contribution in [2.45, 2.75) is 26.7 Å². The Labute approximate surface area is 103 Å². The van der Waals surface area contributed by atoms with E-state index in [0.717, 1.165) is 29.6 Å². The van der Waals surface area contributed by atoms with E-state index in [0.29, 0.717) is 19.6 Å². The van der Waals surface area contributed by atoms with Crippen LogP contribution in [0.4, 0.5) is 0 Å². The molecule has 0 aliphatic heterocycles. The van der Waals surface area contributed by atoms with Crippen molar-refractivity contribution in [1.82, 2.24) is 0 Å². The Hall–Kier alpha value is -1.35. The highest BCUT2D eigenvalue weighted by Crippen LogP contribution is 2.25. The number of methoxy groups -OCH3 is 1. The molecule has 1 aromatic rings. The maximum absolute atomic E-state index is 10.4. The maximum atomic E-state index is 10.4. The number of benzene rings is 1. The van der Waals surface area contributed by atoms with Crippen molar-refractivity contribution in [1.29, 1.82) is 0 Å². The monoisotopic (exact) mass is 236 g/mol.